The maximum atomic E-state index is 6.25. The summed E-state index contributed by atoms with van der Waals surface area (Å²) in [5.74, 6) is 0. The second-order valence-electron chi connectivity index (χ2n) is 6.25. The Labute approximate surface area is 129 Å². The van der Waals surface area contributed by atoms with Gasteiger partial charge in [-0.3, -0.25) is 0 Å². The number of benzene rings is 1. The molecule has 0 radical (unpaired) electrons. The van der Waals surface area contributed by atoms with E-state index in [4.69, 9.17) is 11.6 Å². The van der Waals surface area contributed by atoms with Crippen molar-refractivity contribution in [1.29, 1.82) is 0 Å². The Balaban J connectivity index is 1.61. The Hall–Kier alpha value is -0.210. The van der Waals surface area contributed by atoms with Crippen LogP contribution in [0, 0.1) is 5.41 Å². The Morgan fingerprint density at radius 3 is 2.47 bits per heavy atom. The molecule has 3 heteroatoms. The smallest absolute Gasteiger partial charge is 0.0638 e. The molecule has 1 spiro atoms. The van der Waals surface area contributed by atoms with E-state index in [1.54, 1.807) is 0 Å². The summed E-state index contributed by atoms with van der Waals surface area (Å²) >= 11 is 9.76. The van der Waals surface area contributed by atoms with E-state index < -0.39 is 0 Å². The van der Waals surface area contributed by atoms with E-state index in [-0.39, 0.29) is 0 Å². The molecule has 19 heavy (non-hydrogen) atoms. The molecule has 3 rings (SSSR count). The average molecular weight is 343 g/mol. The van der Waals surface area contributed by atoms with Crippen LogP contribution in [-0.4, -0.2) is 6.04 Å². The first-order chi connectivity index (χ1) is 9.17. The van der Waals surface area contributed by atoms with Crippen LogP contribution in [0.25, 0.3) is 0 Å². The molecule has 0 bridgehead atoms. The molecule has 0 heterocycles. The van der Waals surface area contributed by atoms with Gasteiger partial charge >= 0.3 is 0 Å². The van der Waals surface area contributed by atoms with E-state index >= 15 is 0 Å². The van der Waals surface area contributed by atoms with Crippen LogP contribution in [0.4, 0.5) is 5.69 Å². The Morgan fingerprint density at radius 1 is 1.11 bits per heavy atom. The standard InChI is InChI=1S/C16H21BrClN/c17-12-3-4-14(18)15(11-12)19-13-5-9-16(10-6-13)7-1-2-8-16/h3-4,11,13,19H,1-2,5-10H2. The number of nitrogens with one attached hydrogen (secondary N) is 1. The fourth-order valence-electron chi connectivity index (χ4n) is 3.83. The summed E-state index contributed by atoms with van der Waals surface area (Å²) in [6, 6.07) is 6.62. The summed E-state index contributed by atoms with van der Waals surface area (Å²) in [4.78, 5) is 0. The van der Waals surface area contributed by atoms with Gasteiger partial charge in [-0.15, -0.1) is 0 Å². The van der Waals surface area contributed by atoms with Crippen molar-refractivity contribution in [3.05, 3.63) is 27.7 Å². The molecule has 0 aromatic heterocycles. The van der Waals surface area contributed by atoms with E-state index in [1.165, 1.54) is 51.4 Å². The lowest BCUT2D eigenvalue weighted by atomic mass is 9.71. The van der Waals surface area contributed by atoms with Crippen molar-refractivity contribution in [2.75, 3.05) is 5.32 Å². The number of hydrogen-bond donors (Lipinski definition) is 1. The first-order valence-corrected chi connectivity index (χ1v) is 8.56. The highest BCUT2D eigenvalue weighted by atomic mass is 79.9. The molecule has 1 nitrogen and oxygen atoms in total. The fourth-order valence-corrected chi connectivity index (χ4v) is 4.36. The minimum atomic E-state index is 0.595. The lowest BCUT2D eigenvalue weighted by Crippen LogP contribution is -2.31. The lowest BCUT2D eigenvalue weighted by Gasteiger charge is -2.38. The zero-order valence-electron chi connectivity index (χ0n) is 11.2. The van der Waals surface area contributed by atoms with Crippen molar-refractivity contribution in [3.63, 3.8) is 0 Å². The molecular formula is C16H21BrClN. The summed E-state index contributed by atoms with van der Waals surface area (Å²) < 4.78 is 1.09. The zero-order valence-corrected chi connectivity index (χ0v) is 13.6. The summed E-state index contributed by atoms with van der Waals surface area (Å²) in [6.45, 7) is 0. The average Bonchev–Trinajstić information content (AvgIpc) is 2.85. The van der Waals surface area contributed by atoms with Gasteiger partial charge in [-0.05, 0) is 62.1 Å². The third-order valence-electron chi connectivity index (χ3n) is 5.00. The van der Waals surface area contributed by atoms with Gasteiger partial charge in [-0.2, -0.15) is 0 Å². The number of halogens is 2. The van der Waals surface area contributed by atoms with Crippen LogP contribution >= 0.6 is 27.5 Å². The third kappa shape index (κ3) is 3.11. The van der Waals surface area contributed by atoms with Crippen LogP contribution in [0.15, 0.2) is 22.7 Å². The highest BCUT2D eigenvalue weighted by molar-refractivity contribution is 9.10. The number of hydrogen-bond acceptors (Lipinski definition) is 1. The predicted molar refractivity (Wildman–Crippen MR) is 85.9 cm³/mol. The largest absolute Gasteiger partial charge is 0.381 e. The maximum absolute atomic E-state index is 6.25. The quantitative estimate of drug-likeness (QED) is 0.693. The van der Waals surface area contributed by atoms with Crippen LogP contribution in [0.5, 0.6) is 0 Å². The normalized spacial score (nSPS) is 22.8. The number of rotatable bonds is 2. The molecule has 104 valence electrons. The van der Waals surface area contributed by atoms with E-state index in [1.807, 2.05) is 12.1 Å². The van der Waals surface area contributed by atoms with Crippen LogP contribution in [0.3, 0.4) is 0 Å². The molecule has 0 amide bonds. The second-order valence-corrected chi connectivity index (χ2v) is 7.57. The molecule has 2 aliphatic rings. The van der Waals surface area contributed by atoms with Crippen LogP contribution in [-0.2, 0) is 0 Å². The van der Waals surface area contributed by atoms with Gasteiger partial charge in [0, 0.05) is 10.5 Å². The molecule has 0 saturated heterocycles. The molecular weight excluding hydrogens is 322 g/mol. The second kappa shape index (κ2) is 5.65. The van der Waals surface area contributed by atoms with Crippen molar-refractivity contribution in [3.8, 4) is 0 Å². The molecule has 0 unspecified atom stereocenters. The van der Waals surface area contributed by atoms with E-state index in [0.29, 0.717) is 11.5 Å². The first kappa shape index (κ1) is 13.8. The minimum Gasteiger partial charge on any atom is -0.381 e. The summed E-state index contributed by atoms with van der Waals surface area (Å²) in [5.41, 5.74) is 1.78. The molecule has 2 fully saturated rings. The SMILES string of the molecule is Clc1ccc(Br)cc1NC1CCC2(CCCC2)CC1. The molecule has 0 atom stereocenters. The first-order valence-electron chi connectivity index (χ1n) is 7.39. The van der Waals surface area contributed by atoms with Crippen LogP contribution in [0.2, 0.25) is 5.02 Å². The topological polar surface area (TPSA) is 12.0 Å². The van der Waals surface area contributed by atoms with Gasteiger partial charge in [0.1, 0.15) is 0 Å². The Bertz CT molecular complexity index is 444. The number of anilines is 1. The fraction of sp³-hybridized carbons (Fsp3) is 0.625. The van der Waals surface area contributed by atoms with Crippen LogP contribution in [0.1, 0.15) is 51.4 Å². The Kier molecular flexibility index (Phi) is 4.09. The summed E-state index contributed by atoms with van der Waals surface area (Å²) in [7, 11) is 0. The van der Waals surface area contributed by atoms with E-state index in [0.717, 1.165) is 15.2 Å². The zero-order chi connectivity index (χ0) is 13.3. The summed E-state index contributed by atoms with van der Waals surface area (Å²) in [6.07, 6.45) is 11.2. The Morgan fingerprint density at radius 2 is 1.79 bits per heavy atom. The third-order valence-corrected chi connectivity index (χ3v) is 5.82. The molecule has 0 aliphatic heterocycles. The van der Waals surface area contributed by atoms with Gasteiger partial charge in [0.15, 0.2) is 0 Å². The predicted octanol–water partition coefficient (Wildman–Crippen LogP) is 6.02. The van der Waals surface area contributed by atoms with Gasteiger partial charge in [0.05, 0.1) is 10.7 Å². The van der Waals surface area contributed by atoms with Crippen molar-refractivity contribution in [1.82, 2.24) is 0 Å². The summed E-state index contributed by atoms with van der Waals surface area (Å²) in [5, 5.41) is 4.46. The van der Waals surface area contributed by atoms with Gasteiger partial charge in [-0.1, -0.05) is 40.4 Å². The van der Waals surface area contributed by atoms with Gasteiger partial charge in [0.25, 0.3) is 0 Å². The van der Waals surface area contributed by atoms with Crippen molar-refractivity contribution >= 4 is 33.2 Å². The minimum absolute atomic E-state index is 0.595. The van der Waals surface area contributed by atoms with Crippen LogP contribution < -0.4 is 5.32 Å². The van der Waals surface area contributed by atoms with Crippen molar-refractivity contribution in [2.45, 2.75) is 57.4 Å². The monoisotopic (exact) mass is 341 g/mol. The van der Waals surface area contributed by atoms with Gasteiger partial charge in [-0.25, -0.2) is 0 Å². The molecule has 1 aromatic rings. The molecule has 1 N–H and O–H groups in total. The van der Waals surface area contributed by atoms with Crippen molar-refractivity contribution < 1.29 is 0 Å². The van der Waals surface area contributed by atoms with Gasteiger partial charge in [0.2, 0.25) is 0 Å². The lowest BCUT2D eigenvalue weighted by molar-refractivity contribution is 0.188. The molecule has 2 aliphatic carbocycles. The van der Waals surface area contributed by atoms with E-state index in [9.17, 15) is 0 Å². The maximum Gasteiger partial charge on any atom is 0.0638 e. The molecule has 1 aromatic carbocycles. The molecule has 2 saturated carbocycles. The van der Waals surface area contributed by atoms with E-state index in [2.05, 4.69) is 27.3 Å². The highest BCUT2D eigenvalue weighted by Crippen LogP contribution is 2.49. The van der Waals surface area contributed by atoms with Gasteiger partial charge < -0.3 is 5.32 Å². The van der Waals surface area contributed by atoms with Crippen molar-refractivity contribution in [2.24, 2.45) is 5.41 Å². The highest BCUT2D eigenvalue weighted by Gasteiger charge is 2.37.